The molecule has 1 saturated heterocycles. The molecule has 1 aliphatic rings. The highest BCUT2D eigenvalue weighted by molar-refractivity contribution is 4.82. The van der Waals surface area contributed by atoms with Gasteiger partial charge in [0.1, 0.15) is 0 Å². The molecule has 0 spiro atoms. The zero-order valence-electron chi connectivity index (χ0n) is 11.0. The van der Waals surface area contributed by atoms with Crippen molar-refractivity contribution in [3.05, 3.63) is 18.7 Å². The van der Waals surface area contributed by atoms with Crippen LogP contribution in [-0.4, -0.2) is 46.7 Å². The molecule has 0 radical (unpaired) electrons. The lowest BCUT2D eigenvalue weighted by atomic mass is 10.0. The van der Waals surface area contributed by atoms with E-state index in [-0.39, 0.29) is 0 Å². The van der Waals surface area contributed by atoms with Crippen LogP contribution in [0.25, 0.3) is 0 Å². The molecule has 0 bridgehead atoms. The lowest BCUT2D eigenvalue weighted by Crippen LogP contribution is -2.53. The summed E-state index contributed by atoms with van der Waals surface area (Å²) in [5.74, 6) is 0.732. The van der Waals surface area contributed by atoms with E-state index in [4.69, 9.17) is 0 Å². The number of imidazole rings is 1. The molecule has 4 nitrogen and oxygen atoms in total. The van der Waals surface area contributed by atoms with Crippen molar-refractivity contribution in [2.75, 3.05) is 26.2 Å². The molecule has 0 aromatic carbocycles. The number of hydrogen-bond donors (Lipinski definition) is 1. The van der Waals surface area contributed by atoms with Crippen LogP contribution in [0.5, 0.6) is 0 Å². The molecule has 1 aromatic rings. The summed E-state index contributed by atoms with van der Waals surface area (Å²) < 4.78 is 2.16. The van der Waals surface area contributed by atoms with Crippen molar-refractivity contribution in [3.8, 4) is 0 Å². The highest BCUT2D eigenvalue weighted by Gasteiger charge is 2.23. The smallest absolute Gasteiger partial charge is 0.0945 e. The Balaban J connectivity index is 1.76. The van der Waals surface area contributed by atoms with Crippen LogP contribution < -0.4 is 5.32 Å². The molecule has 1 unspecified atom stereocenters. The third-order valence-electron chi connectivity index (χ3n) is 3.59. The average Bonchev–Trinajstić information content (AvgIpc) is 2.82. The number of aryl methyl sites for hydroxylation is 1. The Kier molecular flexibility index (Phi) is 4.57. The zero-order chi connectivity index (χ0) is 12.1. The zero-order valence-corrected chi connectivity index (χ0v) is 11.0. The fourth-order valence-electron chi connectivity index (χ4n) is 2.58. The first-order valence-corrected chi connectivity index (χ1v) is 6.68. The minimum atomic E-state index is 0.700. The van der Waals surface area contributed by atoms with E-state index in [9.17, 15) is 0 Å². The molecule has 1 aromatic heterocycles. The summed E-state index contributed by atoms with van der Waals surface area (Å²) in [7, 11) is 0. The molecule has 2 rings (SSSR count). The summed E-state index contributed by atoms with van der Waals surface area (Å²) >= 11 is 0. The second-order valence-corrected chi connectivity index (χ2v) is 5.21. The highest BCUT2D eigenvalue weighted by Crippen LogP contribution is 2.13. The molecule has 4 heteroatoms. The first-order valence-electron chi connectivity index (χ1n) is 6.68. The fraction of sp³-hybridized carbons (Fsp3) is 0.769. The van der Waals surface area contributed by atoms with Gasteiger partial charge in [-0.1, -0.05) is 13.8 Å². The number of piperazine rings is 1. The molecule has 0 saturated carbocycles. The van der Waals surface area contributed by atoms with Gasteiger partial charge in [0.25, 0.3) is 0 Å². The average molecular weight is 236 g/mol. The SMILES string of the molecule is CC(C)C1CNCCN1CCCn1ccnc1. The molecule has 0 aliphatic carbocycles. The van der Waals surface area contributed by atoms with Gasteiger partial charge in [-0.3, -0.25) is 4.90 Å². The molecule has 1 N–H and O–H groups in total. The first-order chi connectivity index (χ1) is 8.27. The minimum absolute atomic E-state index is 0.700. The van der Waals surface area contributed by atoms with Crippen molar-refractivity contribution in [1.29, 1.82) is 0 Å². The van der Waals surface area contributed by atoms with Gasteiger partial charge in [0.2, 0.25) is 0 Å². The van der Waals surface area contributed by atoms with E-state index in [0.29, 0.717) is 6.04 Å². The third kappa shape index (κ3) is 3.54. The predicted molar refractivity (Wildman–Crippen MR) is 69.9 cm³/mol. The van der Waals surface area contributed by atoms with Crippen LogP contribution >= 0.6 is 0 Å². The Bertz CT molecular complexity index is 307. The van der Waals surface area contributed by atoms with Gasteiger partial charge >= 0.3 is 0 Å². The standard InChI is InChI=1S/C13H24N4/c1-12(2)13-10-14-5-9-17(13)7-3-6-16-8-4-15-11-16/h4,8,11-14H,3,5-7,9-10H2,1-2H3. The van der Waals surface area contributed by atoms with Crippen molar-refractivity contribution < 1.29 is 0 Å². The second-order valence-electron chi connectivity index (χ2n) is 5.21. The summed E-state index contributed by atoms with van der Waals surface area (Å²) in [5.41, 5.74) is 0. The van der Waals surface area contributed by atoms with Crippen LogP contribution in [0.3, 0.4) is 0 Å². The molecular formula is C13H24N4. The maximum absolute atomic E-state index is 4.07. The van der Waals surface area contributed by atoms with Crippen molar-refractivity contribution in [2.24, 2.45) is 5.92 Å². The lowest BCUT2D eigenvalue weighted by Gasteiger charge is -2.38. The Labute approximate surface area is 104 Å². The van der Waals surface area contributed by atoms with Gasteiger partial charge in [-0.05, 0) is 12.3 Å². The summed E-state index contributed by atoms with van der Waals surface area (Å²) in [6.07, 6.45) is 7.00. The third-order valence-corrected chi connectivity index (χ3v) is 3.59. The van der Waals surface area contributed by atoms with Crippen LogP contribution in [0.2, 0.25) is 0 Å². The van der Waals surface area contributed by atoms with Crippen molar-refractivity contribution >= 4 is 0 Å². The Morgan fingerprint density at radius 1 is 1.41 bits per heavy atom. The summed E-state index contributed by atoms with van der Waals surface area (Å²) in [4.78, 5) is 6.71. The Hall–Kier alpha value is -0.870. The van der Waals surface area contributed by atoms with Crippen molar-refractivity contribution in [1.82, 2.24) is 19.8 Å². The fourth-order valence-corrected chi connectivity index (χ4v) is 2.58. The van der Waals surface area contributed by atoms with Gasteiger partial charge in [0.05, 0.1) is 6.33 Å². The maximum Gasteiger partial charge on any atom is 0.0945 e. The van der Waals surface area contributed by atoms with Crippen molar-refractivity contribution in [2.45, 2.75) is 32.9 Å². The van der Waals surface area contributed by atoms with Crippen LogP contribution in [0.4, 0.5) is 0 Å². The molecule has 1 aliphatic heterocycles. The van der Waals surface area contributed by atoms with E-state index < -0.39 is 0 Å². The summed E-state index contributed by atoms with van der Waals surface area (Å²) in [6.45, 7) is 10.4. The number of aromatic nitrogens is 2. The van der Waals surface area contributed by atoms with Crippen LogP contribution in [0.1, 0.15) is 20.3 Å². The van der Waals surface area contributed by atoms with Gasteiger partial charge < -0.3 is 9.88 Å². The minimum Gasteiger partial charge on any atom is -0.337 e. The normalized spacial score (nSPS) is 22.2. The Morgan fingerprint density at radius 2 is 2.29 bits per heavy atom. The van der Waals surface area contributed by atoms with Gasteiger partial charge in [0, 0.05) is 51.2 Å². The number of rotatable bonds is 5. The van der Waals surface area contributed by atoms with Gasteiger partial charge in [-0.2, -0.15) is 0 Å². The molecular weight excluding hydrogens is 212 g/mol. The number of nitrogens with zero attached hydrogens (tertiary/aromatic N) is 3. The van der Waals surface area contributed by atoms with E-state index in [1.165, 1.54) is 19.5 Å². The topological polar surface area (TPSA) is 33.1 Å². The van der Waals surface area contributed by atoms with Gasteiger partial charge in [0.15, 0.2) is 0 Å². The first kappa shape index (κ1) is 12.6. The lowest BCUT2D eigenvalue weighted by molar-refractivity contribution is 0.121. The molecule has 1 atom stereocenters. The van der Waals surface area contributed by atoms with Crippen LogP contribution in [-0.2, 0) is 6.54 Å². The van der Waals surface area contributed by atoms with Gasteiger partial charge in [-0.25, -0.2) is 4.98 Å². The van der Waals surface area contributed by atoms with Gasteiger partial charge in [-0.15, -0.1) is 0 Å². The number of nitrogens with one attached hydrogen (secondary N) is 1. The maximum atomic E-state index is 4.07. The molecule has 0 amide bonds. The second kappa shape index (κ2) is 6.17. The largest absolute Gasteiger partial charge is 0.337 e. The van der Waals surface area contributed by atoms with E-state index >= 15 is 0 Å². The van der Waals surface area contributed by atoms with E-state index in [0.717, 1.165) is 25.6 Å². The molecule has 17 heavy (non-hydrogen) atoms. The highest BCUT2D eigenvalue weighted by atomic mass is 15.2. The van der Waals surface area contributed by atoms with Crippen molar-refractivity contribution in [3.63, 3.8) is 0 Å². The quantitative estimate of drug-likeness (QED) is 0.834. The van der Waals surface area contributed by atoms with Crippen LogP contribution in [0, 0.1) is 5.92 Å². The molecule has 1 fully saturated rings. The summed E-state index contributed by atoms with van der Waals surface area (Å²) in [5, 5.41) is 3.49. The van der Waals surface area contributed by atoms with E-state index in [2.05, 4.69) is 33.6 Å². The summed E-state index contributed by atoms with van der Waals surface area (Å²) in [6, 6.07) is 0.700. The van der Waals surface area contributed by atoms with E-state index in [1.807, 2.05) is 18.7 Å². The number of hydrogen-bond acceptors (Lipinski definition) is 3. The molecule has 96 valence electrons. The monoisotopic (exact) mass is 236 g/mol. The predicted octanol–water partition coefficient (Wildman–Crippen LogP) is 1.20. The van der Waals surface area contributed by atoms with Crippen LogP contribution in [0.15, 0.2) is 18.7 Å². The Morgan fingerprint density at radius 3 is 3.00 bits per heavy atom. The van der Waals surface area contributed by atoms with E-state index in [1.54, 1.807) is 0 Å². The molecule has 2 heterocycles.